The van der Waals surface area contributed by atoms with E-state index in [4.69, 9.17) is 4.74 Å². The molecule has 0 bridgehead atoms. The predicted molar refractivity (Wildman–Crippen MR) is 70.2 cm³/mol. The number of nitrogens with one attached hydrogen (secondary N) is 1. The summed E-state index contributed by atoms with van der Waals surface area (Å²) in [6.45, 7) is 0. The van der Waals surface area contributed by atoms with Gasteiger partial charge in [-0.15, -0.1) is 0 Å². The Kier molecular flexibility index (Phi) is 3.56. The van der Waals surface area contributed by atoms with Gasteiger partial charge < -0.3 is 10.1 Å². The highest BCUT2D eigenvalue weighted by atomic mass is 16.6. The fourth-order valence-corrected chi connectivity index (χ4v) is 1.55. The van der Waals surface area contributed by atoms with E-state index in [9.17, 15) is 10.1 Å². The summed E-state index contributed by atoms with van der Waals surface area (Å²) in [6, 6.07) is 6.21. The van der Waals surface area contributed by atoms with Crippen LogP contribution in [0.15, 0.2) is 30.5 Å². The summed E-state index contributed by atoms with van der Waals surface area (Å²) >= 11 is 0. The summed E-state index contributed by atoms with van der Waals surface area (Å²) in [4.78, 5) is 18.7. The molecule has 0 aliphatic rings. The minimum absolute atomic E-state index is 0.0230. The molecule has 0 aliphatic heterocycles. The molecule has 2 heterocycles. The average Bonchev–Trinajstić information content (AvgIpc) is 2.46. The van der Waals surface area contributed by atoms with Crippen molar-refractivity contribution in [3.05, 3.63) is 40.6 Å². The maximum Gasteiger partial charge on any atom is 0.275 e. The largest absolute Gasteiger partial charge is 0.481 e. The van der Waals surface area contributed by atoms with Crippen LogP contribution in [-0.4, -0.2) is 29.0 Å². The number of nitrogens with zero attached hydrogens (tertiary/aromatic N) is 3. The molecule has 2 aromatic heterocycles. The van der Waals surface area contributed by atoms with Crippen molar-refractivity contribution in [2.45, 2.75) is 0 Å². The van der Waals surface area contributed by atoms with Crippen molar-refractivity contribution in [3.8, 4) is 17.1 Å². The fourth-order valence-electron chi connectivity index (χ4n) is 1.55. The van der Waals surface area contributed by atoms with Gasteiger partial charge in [0.1, 0.15) is 5.82 Å². The Morgan fingerprint density at radius 1 is 1.37 bits per heavy atom. The van der Waals surface area contributed by atoms with Gasteiger partial charge in [-0.3, -0.25) is 10.1 Å². The average molecular weight is 260 g/mol. The van der Waals surface area contributed by atoms with Gasteiger partial charge in [0.05, 0.1) is 23.8 Å². The second-order valence-corrected chi connectivity index (χ2v) is 3.69. The summed E-state index contributed by atoms with van der Waals surface area (Å²) in [7, 11) is 3.18. The molecule has 0 amide bonds. The first kappa shape index (κ1) is 12.7. The Morgan fingerprint density at radius 3 is 2.68 bits per heavy atom. The zero-order valence-corrected chi connectivity index (χ0v) is 10.5. The zero-order valence-electron chi connectivity index (χ0n) is 10.5. The minimum atomic E-state index is -0.455. The number of nitro groups is 1. The molecule has 0 fully saturated rings. The molecule has 0 aliphatic carbocycles. The molecule has 1 N–H and O–H groups in total. The van der Waals surface area contributed by atoms with E-state index in [1.165, 1.54) is 19.2 Å². The number of hydrogen-bond acceptors (Lipinski definition) is 6. The Bertz CT molecular complexity index is 598. The summed E-state index contributed by atoms with van der Waals surface area (Å²) < 4.78 is 4.96. The third kappa shape index (κ3) is 2.76. The van der Waals surface area contributed by atoms with E-state index in [0.29, 0.717) is 23.0 Å². The molecule has 7 nitrogen and oxygen atoms in total. The van der Waals surface area contributed by atoms with E-state index in [-0.39, 0.29) is 5.69 Å². The van der Waals surface area contributed by atoms with Crippen molar-refractivity contribution in [2.24, 2.45) is 0 Å². The van der Waals surface area contributed by atoms with Crippen molar-refractivity contribution in [1.82, 2.24) is 9.97 Å². The van der Waals surface area contributed by atoms with Gasteiger partial charge in [0.15, 0.2) is 0 Å². The first-order chi connectivity index (χ1) is 9.13. The Morgan fingerprint density at radius 2 is 2.16 bits per heavy atom. The van der Waals surface area contributed by atoms with Crippen LogP contribution in [0.5, 0.6) is 5.88 Å². The molecule has 0 spiro atoms. The van der Waals surface area contributed by atoms with Crippen LogP contribution >= 0.6 is 0 Å². The van der Waals surface area contributed by atoms with E-state index in [1.807, 2.05) is 0 Å². The molecule has 0 unspecified atom stereocenters. The highest BCUT2D eigenvalue weighted by molar-refractivity contribution is 5.64. The molecule has 98 valence electrons. The van der Waals surface area contributed by atoms with Crippen LogP contribution in [0.2, 0.25) is 0 Å². The first-order valence-electron chi connectivity index (χ1n) is 5.48. The van der Waals surface area contributed by atoms with Gasteiger partial charge >= 0.3 is 0 Å². The highest BCUT2D eigenvalue weighted by Crippen LogP contribution is 2.25. The molecule has 2 rings (SSSR count). The van der Waals surface area contributed by atoms with E-state index < -0.39 is 4.92 Å². The molecule has 7 heteroatoms. The van der Waals surface area contributed by atoms with E-state index in [1.54, 1.807) is 25.4 Å². The van der Waals surface area contributed by atoms with E-state index in [2.05, 4.69) is 15.3 Å². The topological polar surface area (TPSA) is 90.2 Å². The minimum Gasteiger partial charge on any atom is -0.481 e. The molecule has 0 atom stereocenters. The van der Waals surface area contributed by atoms with E-state index in [0.717, 1.165) is 0 Å². The lowest BCUT2D eigenvalue weighted by Crippen LogP contribution is -1.98. The lowest BCUT2D eigenvalue weighted by molar-refractivity contribution is -0.384. The van der Waals surface area contributed by atoms with Crippen molar-refractivity contribution in [3.63, 3.8) is 0 Å². The smallest absolute Gasteiger partial charge is 0.275 e. The number of methoxy groups -OCH3 is 1. The summed E-state index contributed by atoms with van der Waals surface area (Å²) in [6.07, 6.45) is 1.56. The summed E-state index contributed by atoms with van der Waals surface area (Å²) in [5.41, 5.74) is 1.14. The van der Waals surface area contributed by atoms with Crippen LogP contribution in [0.1, 0.15) is 0 Å². The quantitative estimate of drug-likeness (QED) is 0.668. The zero-order chi connectivity index (χ0) is 13.8. The summed E-state index contributed by atoms with van der Waals surface area (Å²) in [5, 5.41) is 13.7. The molecule has 19 heavy (non-hydrogen) atoms. The van der Waals surface area contributed by atoms with Gasteiger partial charge in [0, 0.05) is 30.9 Å². The standard InChI is InChI=1S/C12H12N4O3/c1-13-11-6-9(16(17)18)5-10(15-11)8-3-4-12(19-2)14-7-8/h3-7H,1-2H3,(H,13,15). The van der Waals surface area contributed by atoms with Gasteiger partial charge in [0.25, 0.3) is 5.69 Å². The van der Waals surface area contributed by atoms with Crippen LogP contribution in [-0.2, 0) is 0 Å². The van der Waals surface area contributed by atoms with Crippen LogP contribution in [0, 0.1) is 10.1 Å². The fraction of sp³-hybridized carbons (Fsp3) is 0.167. The number of ether oxygens (including phenoxy) is 1. The lowest BCUT2D eigenvalue weighted by Gasteiger charge is -2.05. The Labute approximate surface area is 109 Å². The normalized spacial score (nSPS) is 10.0. The molecule has 0 aromatic carbocycles. The maximum absolute atomic E-state index is 10.9. The molecular weight excluding hydrogens is 248 g/mol. The van der Waals surface area contributed by atoms with Crippen LogP contribution in [0.3, 0.4) is 0 Å². The van der Waals surface area contributed by atoms with Crippen molar-refractivity contribution < 1.29 is 9.66 Å². The van der Waals surface area contributed by atoms with Gasteiger partial charge in [-0.25, -0.2) is 9.97 Å². The molecule has 0 radical (unpaired) electrons. The third-order valence-corrected chi connectivity index (χ3v) is 2.52. The lowest BCUT2D eigenvalue weighted by atomic mass is 10.2. The number of rotatable bonds is 4. The van der Waals surface area contributed by atoms with Gasteiger partial charge in [-0.2, -0.15) is 0 Å². The monoisotopic (exact) mass is 260 g/mol. The number of anilines is 1. The van der Waals surface area contributed by atoms with Crippen LogP contribution < -0.4 is 10.1 Å². The van der Waals surface area contributed by atoms with Crippen LogP contribution in [0.25, 0.3) is 11.3 Å². The number of pyridine rings is 2. The maximum atomic E-state index is 10.9. The second-order valence-electron chi connectivity index (χ2n) is 3.69. The molecular formula is C12H12N4O3. The number of hydrogen-bond donors (Lipinski definition) is 1. The third-order valence-electron chi connectivity index (χ3n) is 2.52. The Balaban J connectivity index is 2.47. The van der Waals surface area contributed by atoms with Gasteiger partial charge in [-0.1, -0.05) is 0 Å². The number of aromatic nitrogens is 2. The van der Waals surface area contributed by atoms with Gasteiger partial charge in [0.2, 0.25) is 5.88 Å². The Hall–Kier alpha value is -2.70. The molecule has 2 aromatic rings. The van der Waals surface area contributed by atoms with Crippen molar-refractivity contribution in [1.29, 1.82) is 0 Å². The summed E-state index contributed by atoms with van der Waals surface area (Å²) in [5.74, 6) is 0.906. The van der Waals surface area contributed by atoms with Crippen LogP contribution in [0.4, 0.5) is 11.5 Å². The van der Waals surface area contributed by atoms with E-state index >= 15 is 0 Å². The SMILES string of the molecule is CNc1cc([N+](=O)[O-])cc(-c2ccc(OC)nc2)n1. The van der Waals surface area contributed by atoms with Crippen molar-refractivity contribution >= 4 is 11.5 Å². The highest BCUT2D eigenvalue weighted by Gasteiger charge is 2.12. The first-order valence-corrected chi connectivity index (χ1v) is 5.48. The van der Waals surface area contributed by atoms with Crippen molar-refractivity contribution in [2.75, 3.05) is 19.5 Å². The van der Waals surface area contributed by atoms with Gasteiger partial charge in [-0.05, 0) is 6.07 Å². The second kappa shape index (κ2) is 5.30. The molecule has 0 saturated heterocycles. The predicted octanol–water partition coefficient (Wildman–Crippen LogP) is 2.10. The molecule has 0 saturated carbocycles.